The van der Waals surface area contributed by atoms with Gasteiger partial charge in [0.2, 0.25) is 5.95 Å². The van der Waals surface area contributed by atoms with Crippen molar-refractivity contribution in [3.63, 3.8) is 0 Å². The molecule has 5 nitrogen and oxygen atoms in total. The van der Waals surface area contributed by atoms with Crippen LogP contribution in [0.25, 0.3) is 0 Å². The van der Waals surface area contributed by atoms with E-state index in [-0.39, 0.29) is 12.1 Å². The quantitative estimate of drug-likeness (QED) is 0.758. The Bertz CT molecular complexity index is 800. The number of benzene rings is 1. The number of nitrogens with zero attached hydrogens (tertiary/aromatic N) is 3. The van der Waals surface area contributed by atoms with Crippen LogP contribution in [0.3, 0.4) is 0 Å². The molecule has 22 heavy (non-hydrogen) atoms. The van der Waals surface area contributed by atoms with Gasteiger partial charge in [-0.05, 0) is 29.8 Å². The molecule has 1 aliphatic heterocycles. The van der Waals surface area contributed by atoms with Gasteiger partial charge in [-0.3, -0.25) is 0 Å². The number of hydrogen-bond donors (Lipinski definition) is 1. The largest absolute Gasteiger partial charge is 0.467 e. The van der Waals surface area contributed by atoms with E-state index in [1.807, 2.05) is 35.0 Å². The number of halogens is 2. The Kier molecular flexibility index (Phi) is 3.32. The fourth-order valence-electron chi connectivity index (χ4n) is 2.79. The van der Waals surface area contributed by atoms with Crippen LogP contribution in [0.2, 0.25) is 10.0 Å². The van der Waals surface area contributed by atoms with Crippen molar-refractivity contribution >= 4 is 29.2 Å². The van der Waals surface area contributed by atoms with E-state index in [1.165, 1.54) is 6.33 Å². The van der Waals surface area contributed by atoms with Gasteiger partial charge >= 0.3 is 0 Å². The monoisotopic (exact) mass is 334 g/mol. The molecule has 2 atom stereocenters. The average Bonchev–Trinajstić information content (AvgIpc) is 3.19. The molecule has 2 aromatic heterocycles. The smallest absolute Gasteiger partial charge is 0.222 e. The van der Waals surface area contributed by atoms with Crippen LogP contribution in [0, 0.1) is 0 Å². The molecule has 3 heterocycles. The van der Waals surface area contributed by atoms with Crippen molar-refractivity contribution in [3.8, 4) is 0 Å². The van der Waals surface area contributed by atoms with Crippen molar-refractivity contribution in [3.05, 3.63) is 64.3 Å². The fraction of sp³-hybridized carbons (Fsp3) is 0.200. The van der Waals surface area contributed by atoms with Gasteiger partial charge in [-0.25, -0.2) is 4.68 Å². The molecule has 0 saturated carbocycles. The van der Waals surface area contributed by atoms with Crippen LogP contribution in [0.5, 0.6) is 0 Å². The Hall–Kier alpha value is -1.98. The van der Waals surface area contributed by atoms with E-state index in [0.717, 1.165) is 17.7 Å². The number of hydrogen-bond acceptors (Lipinski definition) is 4. The van der Waals surface area contributed by atoms with Gasteiger partial charge in [-0.1, -0.05) is 29.3 Å². The third kappa shape index (κ3) is 2.26. The van der Waals surface area contributed by atoms with Crippen molar-refractivity contribution in [1.29, 1.82) is 0 Å². The van der Waals surface area contributed by atoms with E-state index in [9.17, 15) is 0 Å². The first-order chi connectivity index (χ1) is 10.7. The Morgan fingerprint density at radius 1 is 1.23 bits per heavy atom. The first-order valence-electron chi connectivity index (χ1n) is 6.87. The van der Waals surface area contributed by atoms with Crippen LogP contribution in [-0.4, -0.2) is 14.8 Å². The second-order valence-electron chi connectivity index (χ2n) is 5.17. The Balaban J connectivity index is 1.73. The number of nitrogens with one attached hydrogen (secondary N) is 1. The number of rotatable bonds is 2. The Morgan fingerprint density at radius 2 is 2.14 bits per heavy atom. The highest BCUT2D eigenvalue weighted by Crippen LogP contribution is 2.38. The number of anilines is 1. The second-order valence-corrected chi connectivity index (χ2v) is 5.98. The van der Waals surface area contributed by atoms with Crippen molar-refractivity contribution in [2.24, 2.45) is 0 Å². The predicted molar refractivity (Wildman–Crippen MR) is 84.3 cm³/mol. The van der Waals surface area contributed by atoms with Gasteiger partial charge in [0.25, 0.3) is 0 Å². The molecule has 3 aromatic rings. The summed E-state index contributed by atoms with van der Waals surface area (Å²) in [6.07, 6.45) is 3.99. The molecular weight excluding hydrogens is 323 g/mol. The first-order valence-corrected chi connectivity index (χ1v) is 7.62. The van der Waals surface area contributed by atoms with Gasteiger partial charge < -0.3 is 9.73 Å². The topological polar surface area (TPSA) is 55.9 Å². The third-order valence-electron chi connectivity index (χ3n) is 3.85. The first kappa shape index (κ1) is 13.7. The van der Waals surface area contributed by atoms with Gasteiger partial charge in [-0.15, -0.1) is 0 Å². The fourth-order valence-corrected chi connectivity index (χ4v) is 3.09. The lowest BCUT2D eigenvalue weighted by Crippen LogP contribution is -2.27. The summed E-state index contributed by atoms with van der Waals surface area (Å²) >= 11 is 12.1. The molecule has 0 aliphatic carbocycles. The molecule has 7 heteroatoms. The van der Waals surface area contributed by atoms with Gasteiger partial charge in [0.05, 0.1) is 22.4 Å². The summed E-state index contributed by atoms with van der Waals surface area (Å²) in [5.74, 6) is 1.57. The Labute approximate surface area is 136 Å². The Morgan fingerprint density at radius 3 is 2.91 bits per heavy atom. The minimum atomic E-state index is -0.00629. The highest BCUT2D eigenvalue weighted by Gasteiger charge is 2.31. The molecule has 1 N–H and O–H groups in total. The normalized spacial score (nSPS) is 20.5. The van der Waals surface area contributed by atoms with Crippen LogP contribution >= 0.6 is 23.2 Å². The molecule has 0 spiro atoms. The molecule has 0 amide bonds. The zero-order valence-electron chi connectivity index (χ0n) is 11.4. The van der Waals surface area contributed by atoms with Crippen LogP contribution in [0.15, 0.2) is 47.3 Å². The van der Waals surface area contributed by atoms with E-state index in [1.54, 1.807) is 6.26 Å². The summed E-state index contributed by atoms with van der Waals surface area (Å²) in [6.45, 7) is 0. The maximum absolute atomic E-state index is 6.14. The van der Waals surface area contributed by atoms with Crippen LogP contribution in [-0.2, 0) is 0 Å². The third-order valence-corrected chi connectivity index (χ3v) is 4.59. The van der Waals surface area contributed by atoms with Gasteiger partial charge in [0.15, 0.2) is 0 Å². The lowest BCUT2D eigenvalue weighted by atomic mass is 9.96. The summed E-state index contributed by atoms with van der Waals surface area (Å²) in [4.78, 5) is 4.27. The molecule has 4 rings (SSSR count). The number of aromatic nitrogens is 3. The zero-order valence-corrected chi connectivity index (χ0v) is 12.9. The van der Waals surface area contributed by atoms with E-state index in [2.05, 4.69) is 15.4 Å². The molecule has 0 unspecified atom stereocenters. The minimum Gasteiger partial charge on any atom is -0.467 e. The highest BCUT2D eigenvalue weighted by atomic mass is 35.5. The van der Waals surface area contributed by atoms with E-state index in [0.29, 0.717) is 16.0 Å². The SMILES string of the molecule is Clc1ccc([C@H]2C[C@H](c3ccco3)n3ncnc3N2)cc1Cl. The second kappa shape index (κ2) is 5.34. The standard InChI is InChI=1S/C15H12Cl2N4O/c16-10-4-3-9(6-11(10)17)12-7-13(14-2-1-5-22-14)21-15(20-12)18-8-19-21/h1-6,8,12-13H,7H2,(H,18,19,20)/t12-,13-/m1/s1. The lowest BCUT2D eigenvalue weighted by molar-refractivity contribution is 0.358. The van der Waals surface area contributed by atoms with Crippen molar-refractivity contribution in [1.82, 2.24) is 14.8 Å². The molecule has 0 saturated heterocycles. The predicted octanol–water partition coefficient (Wildman–Crippen LogP) is 4.32. The lowest BCUT2D eigenvalue weighted by Gasteiger charge is -2.30. The molecule has 0 fully saturated rings. The van der Waals surface area contributed by atoms with Crippen LogP contribution < -0.4 is 5.32 Å². The molecular formula is C15H12Cl2N4O. The van der Waals surface area contributed by atoms with Crippen molar-refractivity contribution in [2.75, 3.05) is 5.32 Å². The summed E-state index contributed by atoms with van der Waals surface area (Å²) in [5, 5.41) is 8.76. The summed E-state index contributed by atoms with van der Waals surface area (Å²) in [7, 11) is 0. The van der Waals surface area contributed by atoms with Crippen molar-refractivity contribution < 1.29 is 4.42 Å². The number of furan rings is 1. The molecule has 1 aromatic carbocycles. The van der Waals surface area contributed by atoms with Crippen LogP contribution in [0.4, 0.5) is 5.95 Å². The molecule has 0 bridgehead atoms. The van der Waals surface area contributed by atoms with E-state index in [4.69, 9.17) is 27.6 Å². The minimum absolute atomic E-state index is 0.00629. The van der Waals surface area contributed by atoms with Gasteiger partial charge in [0, 0.05) is 6.42 Å². The maximum Gasteiger partial charge on any atom is 0.222 e. The summed E-state index contributed by atoms with van der Waals surface area (Å²) in [5.41, 5.74) is 1.06. The highest BCUT2D eigenvalue weighted by molar-refractivity contribution is 6.42. The molecule has 1 aliphatic rings. The molecule has 0 radical (unpaired) electrons. The number of fused-ring (bicyclic) bond motifs is 1. The summed E-state index contributed by atoms with van der Waals surface area (Å²) in [6, 6.07) is 9.54. The average molecular weight is 335 g/mol. The van der Waals surface area contributed by atoms with Crippen molar-refractivity contribution in [2.45, 2.75) is 18.5 Å². The zero-order chi connectivity index (χ0) is 15.1. The van der Waals surface area contributed by atoms with Gasteiger partial charge in [-0.2, -0.15) is 10.1 Å². The molecule has 112 valence electrons. The maximum atomic E-state index is 6.14. The van der Waals surface area contributed by atoms with Crippen LogP contribution in [0.1, 0.15) is 29.8 Å². The summed E-state index contributed by atoms with van der Waals surface area (Å²) < 4.78 is 7.40. The van der Waals surface area contributed by atoms with Gasteiger partial charge in [0.1, 0.15) is 18.1 Å². The van der Waals surface area contributed by atoms with E-state index >= 15 is 0 Å². The van der Waals surface area contributed by atoms with E-state index < -0.39 is 0 Å².